The molecule has 0 bridgehead atoms. The molecule has 1 nitrogen and oxygen atoms in total. The summed E-state index contributed by atoms with van der Waals surface area (Å²) in [5.74, 6) is 1.08. The second-order valence-electron chi connectivity index (χ2n) is 4.17. The summed E-state index contributed by atoms with van der Waals surface area (Å²) in [6.45, 7) is 2.12. The summed E-state index contributed by atoms with van der Waals surface area (Å²) in [7, 11) is 0. The van der Waals surface area contributed by atoms with Gasteiger partial charge in [0.05, 0.1) is 5.60 Å². The Morgan fingerprint density at radius 3 is 3.00 bits per heavy atom. The minimum absolute atomic E-state index is 0.344. The largest absolute Gasteiger partial charge is 0.388 e. The van der Waals surface area contributed by atoms with Gasteiger partial charge in [0.2, 0.25) is 0 Å². The summed E-state index contributed by atoms with van der Waals surface area (Å²) in [6.07, 6.45) is 1.67. The van der Waals surface area contributed by atoms with Crippen molar-refractivity contribution in [2.75, 3.05) is 5.75 Å². The molecule has 1 aliphatic heterocycles. The molecule has 1 heterocycles. The van der Waals surface area contributed by atoms with Crippen LogP contribution in [0, 0.1) is 0 Å². The van der Waals surface area contributed by atoms with Crippen LogP contribution in [0.1, 0.15) is 18.9 Å². The molecule has 2 rings (SSSR count). The van der Waals surface area contributed by atoms with Crippen LogP contribution < -0.4 is 0 Å². The molecule has 1 N–H and O–H groups in total. The van der Waals surface area contributed by atoms with Crippen molar-refractivity contribution >= 4 is 27.7 Å². The number of hydrogen-bond acceptors (Lipinski definition) is 2. The third-order valence-corrected chi connectivity index (χ3v) is 4.93. The van der Waals surface area contributed by atoms with Gasteiger partial charge in [-0.3, -0.25) is 0 Å². The van der Waals surface area contributed by atoms with Crippen LogP contribution in [0.25, 0.3) is 0 Å². The van der Waals surface area contributed by atoms with Crippen molar-refractivity contribution in [2.45, 2.75) is 30.6 Å². The molecular formula is C12H15BrOS. The van der Waals surface area contributed by atoms with Gasteiger partial charge in [0.1, 0.15) is 0 Å². The van der Waals surface area contributed by atoms with E-state index in [4.69, 9.17) is 0 Å². The third-order valence-electron chi connectivity index (χ3n) is 3.06. The summed E-state index contributed by atoms with van der Waals surface area (Å²) in [5, 5.41) is 10.8. The van der Waals surface area contributed by atoms with Crippen molar-refractivity contribution in [1.82, 2.24) is 0 Å². The molecule has 0 aromatic heterocycles. The van der Waals surface area contributed by atoms with Crippen molar-refractivity contribution in [2.24, 2.45) is 0 Å². The van der Waals surface area contributed by atoms with Crippen molar-refractivity contribution in [3.05, 3.63) is 34.3 Å². The summed E-state index contributed by atoms with van der Waals surface area (Å²) in [5.41, 5.74) is 0.701. The highest BCUT2D eigenvalue weighted by molar-refractivity contribution is 9.10. The van der Waals surface area contributed by atoms with Gasteiger partial charge < -0.3 is 5.11 Å². The fourth-order valence-electron chi connectivity index (χ4n) is 2.00. The normalized spacial score (nSPS) is 30.7. The summed E-state index contributed by atoms with van der Waals surface area (Å²) in [4.78, 5) is 0. The van der Waals surface area contributed by atoms with E-state index in [1.165, 1.54) is 5.56 Å². The Morgan fingerprint density at radius 2 is 2.40 bits per heavy atom. The molecule has 0 radical (unpaired) electrons. The lowest BCUT2D eigenvalue weighted by molar-refractivity contribution is 0.0464. The maximum Gasteiger partial charge on any atom is 0.0811 e. The van der Waals surface area contributed by atoms with Crippen LogP contribution in [0.4, 0.5) is 0 Å². The van der Waals surface area contributed by atoms with E-state index < -0.39 is 5.60 Å². The number of aliphatic hydroxyl groups is 1. The molecule has 1 aromatic carbocycles. The number of rotatable bonds is 2. The van der Waals surface area contributed by atoms with Crippen LogP contribution in [0.15, 0.2) is 28.7 Å². The van der Waals surface area contributed by atoms with Gasteiger partial charge in [0, 0.05) is 16.1 Å². The van der Waals surface area contributed by atoms with Gasteiger partial charge in [0.25, 0.3) is 0 Å². The molecule has 0 aliphatic carbocycles. The molecule has 1 fully saturated rings. The minimum atomic E-state index is -0.508. The first-order valence-corrected chi connectivity index (χ1v) is 7.03. The average molecular weight is 287 g/mol. The van der Waals surface area contributed by atoms with E-state index in [9.17, 15) is 5.11 Å². The minimum Gasteiger partial charge on any atom is -0.388 e. The predicted octanol–water partition coefficient (Wildman–Crippen LogP) is 3.25. The molecular weight excluding hydrogens is 272 g/mol. The SMILES string of the molecule is CC1SCCC1(O)Cc1cccc(Br)c1. The molecule has 0 amide bonds. The quantitative estimate of drug-likeness (QED) is 0.901. The Bertz CT molecular complexity index is 355. The molecule has 15 heavy (non-hydrogen) atoms. The second kappa shape index (κ2) is 4.48. The highest BCUT2D eigenvalue weighted by Gasteiger charge is 2.38. The predicted molar refractivity (Wildman–Crippen MR) is 69.3 cm³/mol. The highest BCUT2D eigenvalue weighted by Crippen LogP contribution is 2.38. The monoisotopic (exact) mass is 286 g/mol. The summed E-state index contributed by atoms with van der Waals surface area (Å²) >= 11 is 5.32. The Balaban J connectivity index is 2.14. The van der Waals surface area contributed by atoms with E-state index in [0.717, 1.165) is 23.1 Å². The first-order valence-electron chi connectivity index (χ1n) is 5.19. The van der Waals surface area contributed by atoms with Gasteiger partial charge in [-0.15, -0.1) is 0 Å². The van der Waals surface area contributed by atoms with Gasteiger partial charge in [-0.25, -0.2) is 0 Å². The maximum atomic E-state index is 10.5. The van der Waals surface area contributed by atoms with Crippen molar-refractivity contribution in [3.8, 4) is 0 Å². The summed E-state index contributed by atoms with van der Waals surface area (Å²) < 4.78 is 1.09. The molecule has 1 aliphatic rings. The topological polar surface area (TPSA) is 20.2 Å². The highest BCUT2D eigenvalue weighted by atomic mass is 79.9. The maximum absolute atomic E-state index is 10.5. The number of thioether (sulfide) groups is 1. The zero-order valence-electron chi connectivity index (χ0n) is 8.74. The van der Waals surface area contributed by atoms with E-state index in [-0.39, 0.29) is 0 Å². The van der Waals surface area contributed by atoms with Gasteiger partial charge >= 0.3 is 0 Å². The van der Waals surface area contributed by atoms with Crippen molar-refractivity contribution < 1.29 is 5.11 Å². The fourth-order valence-corrected chi connectivity index (χ4v) is 3.79. The third kappa shape index (κ3) is 2.58. The molecule has 3 heteroatoms. The van der Waals surface area contributed by atoms with E-state index in [1.807, 2.05) is 23.9 Å². The molecule has 0 saturated carbocycles. The van der Waals surface area contributed by atoms with Gasteiger partial charge in [0.15, 0.2) is 0 Å². The first kappa shape index (κ1) is 11.5. The standard InChI is InChI=1S/C12H15BrOS/c1-9-12(14,5-6-15-9)8-10-3-2-4-11(13)7-10/h2-4,7,9,14H,5-6,8H2,1H3. The summed E-state index contributed by atoms with van der Waals surface area (Å²) in [6, 6.07) is 8.21. The lowest BCUT2D eigenvalue weighted by Crippen LogP contribution is -2.36. The zero-order valence-corrected chi connectivity index (χ0v) is 11.1. The van der Waals surface area contributed by atoms with E-state index >= 15 is 0 Å². The Labute approximate surface area is 103 Å². The van der Waals surface area contributed by atoms with Crippen LogP contribution in [0.3, 0.4) is 0 Å². The van der Waals surface area contributed by atoms with Gasteiger partial charge in [-0.2, -0.15) is 11.8 Å². The van der Waals surface area contributed by atoms with E-state index in [0.29, 0.717) is 5.25 Å². The van der Waals surface area contributed by atoms with Crippen LogP contribution in [0.2, 0.25) is 0 Å². The Kier molecular flexibility index (Phi) is 3.43. The van der Waals surface area contributed by atoms with Crippen molar-refractivity contribution in [1.29, 1.82) is 0 Å². The Hall–Kier alpha value is 0.01000. The van der Waals surface area contributed by atoms with Crippen molar-refractivity contribution in [3.63, 3.8) is 0 Å². The molecule has 82 valence electrons. The molecule has 2 atom stereocenters. The van der Waals surface area contributed by atoms with Gasteiger partial charge in [-0.05, 0) is 29.9 Å². The van der Waals surface area contributed by atoms with E-state index in [1.54, 1.807) is 0 Å². The lowest BCUT2D eigenvalue weighted by Gasteiger charge is -2.26. The lowest BCUT2D eigenvalue weighted by atomic mass is 9.89. The number of benzene rings is 1. The van der Waals surface area contributed by atoms with Gasteiger partial charge in [-0.1, -0.05) is 35.0 Å². The number of halogens is 1. The zero-order chi connectivity index (χ0) is 10.9. The molecule has 1 saturated heterocycles. The van der Waals surface area contributed by atoms with E-state index in [2.05, 4.69) is 35.0 Å². The second-order valence-corrected chi connectivity index (χ2v) is 6.54. The van der Waals surface area contributed by atoms with Crippen LogP contribution in [-0.2, 0) is 6.42 Å². The van der Waals surface area contributed by atoms with Crippen LogP contribution in [0.5, 0.6) is 0 Å². The van der Waals surface area contributed by atoms with Crippen LogP contribution >= 0.6 is 27.7 Å². The Morgan fingerprint density at radius 1 is 1.60 bits per heavy atom. The average Bonchev–Trinajstić information content (AvgIpc) is 2.47. The smallest absolute Gasteiger partial charge is 0.0811 e. The number of hydrogen-bond donors (Lipinski definition) is 1. The van der Waals surface area contributed by atoms with Crippen LogP contribution in [-0.4, -0.2) is 21.7 Å². The fraction of sp³-hybridized carbons (Fsp3) is 0.500. The molecule has 1 aromatic rings. The first-order chi connectivity index (χ1) is 7.10. The molecule has 0 spiro atoms. The molecule has 2 unspecified atom stereocenters.